The number of carbonyl (C=O) groups is 1. The average Bonchev–Trinajstić information content (AvgIpc) is 2.79. The van der Waals surface area contributed by atoms with Crippen molar-refractivity contribution in [3.8, 4) is 0 Å². The van der Waals surface area contributed by atoms with Gasteiger partial charge in [-0.1, -0.05) is 44.2 Å². The van der Waals surface area contributed by atoms with Gasteiger partial charge >= 0.3 is 0 Å². The largest absolute Gasteiger partial charge is 0.375 e. The molecule has 0 saturated carbocycles. The topological polar surface area (TPSA) is 36.0 Å². The van der Waals surface area contributed by atoms with Gasteiger partial charge in [-0.3, -0.25) is 9.69 Å². The van der Waals surface area contributed by atoms with Gasteiger partial charge in [0.25, 0.3) is 0 Å². The van der Waals surface area contributed by atoms with Crippen molar-refractivity contribution >= 4 is 5.91 Å². The number of benzene rings is 1. The number of ether oxygens (including phenoxy) is 1. The van der Waals surface area contributed by atoms with Gasteiger partial charge in [0, 0.05) is 64.9 Å². The highest BCUT2D eigenvalue weighted by molar-refractivity contribution is 5.76. The summed E-state index contributed by atoms with van der Waals surface area (Å²) in [5, 5.41) is 0. The number of carbonyl (C=O) groups excluding carboxylic acids is 1. The van der Waals surface area contributed by atoms with Crippen LogP contribution in [0.25, 0.3) is 0 Å². The normalized spacial score (nSPS) is 25.3. The van der Waals surface area contributed by atoms with E-state index in [0.717, 1.165) is 57.7 Å². The zero-order valence-corrected chi connectivity index (χ0v) is 19.6. The van der Waals surface area contributed by atoms with E-state index in [2.05, 4.69) is 40.7 Å². The van der Waals surface area contributed by atoms with E-state index >= 15 is 0 Å². The molecule has 4 rings (SSSR count). The van der Waals surface area contributed by atoms with E-state index in [1.165, 1.54) is 38.3 Å². The first-order chi connectivity index (χ1) is 15.0. The summed E-state index contributed by atoms with van der Waals surface area (Å²) < 4.78 is 6.38. The molecule has 0 unspecified atom stereocenters. The number of hydrogen-bond acceptors (Lipinski definition) is 4. The molecule has 3 fully saturated rings. The van der Waals surface area contributed by atoms with E-state index in [1.807, 2.05) is 18.2 Å². The number of aryl methyl sites for hydroxylation is 1. The molecule has 0 aliphatic carbocycles. The lowest BCUT2D eigenvalue weighted by molar-refractivity contribution is -0.150. The van der Waals surface area contributed by atoms with Crippen LogP contribution in [0.1, 0.15) is 51.5 Å². The van der Waals surface area contributed by atoms with Gasteiger partial charge in [0.15, 0.2) is 0 Å². The summed E-state index contributed by atoms with van der Waals surface area (Å²) in [4.78, 5) is 20.2. The van der Waals surface area contributed by atoms with E-state index in [0.29, 0.717) is 18.4 Å². The Kier molecular flexibility index (Phi) is 7.68. The second-order valence-electron chi connectivity index (χ2n) is 10.3. The van der Waals surface area contributed by atoms with Crippen molar-refractivity contribution < 1.29 is 9.53 Å². The minimum atomic E-state index is -0.00576. The first kappa shape index (κ1) is 22.8. The standard InChI is InChI=1S/C26H41N3O2/c1-22(2)21-27-15-17-28(18-16-27)24-10-19-31-26(20-24)11-13-29(14-12-26)25(30)9-8-23-6-4-3-5-7-23/h3-7,22,24H,8-21H2,1-2H3/t24-/m0/s1. The summed E-state index contributed by atoms with van der Waals surface area (Å²) in [7, 11) is 0. The fraction of sp³-hybridized carbons (Fsp3) is 0.731. The summed E-state index contributed by atoms with van der Waals surface area (Å²) >= 11 is 0. The second kappa shape index (κ2) is 10.5. The van der Waals surface area contributed by atoms with Gasteiger partial charge in [0.05, 0.1) is 5.60 Å². The molecule has 0 N–H and O–H groups in total. The van der Waals surface area contributed by atoms with Crippen molar-refractivity contribution in [2.24, 2.45) is 5.92 Å². The Balaban J connectivity index is 1.23. The maximum Gasteiger partial charge on any atom is 0.222 e. The summed E-state index contributed by atoms with van der Waals surface area (Å²) in [5.41, 5.74) is 1.24. The smallest absolute Gasteiger partial charge is 0.222 e. The van der Waals surface area contributed by atoms with Crippen molar-refractivity contribution in [1.29, 1.82) is 0 Å². The van der Waals surface area contributed by atoms with Gasteiger partial charge in [-0.05, 0) is 43.6 Å². The number of amides is 1. The fourth-order valence-corrected chi connectivity index (χ4v) is 5.71. The molecule has 172 valence electrons. The molecule has 3 aliphatic rings. The molecule has 0 bridgehead atoms. The highest BCUT2D eigenvalue weighted by Gasteiger charge is 2.42. The maximum absolute atomic E-state index is 12.7. The monoisotopic (exact) mass is 427 g/mol. The Bertz CT molecular complexity index is 692. The number of piperazine rings is 1. The van der Waals surface area contributed by atoms with Crippen molar-refractivity contribution in [3.63, 3.8) is 0 Å². The number of likely N-dealkylation sites (tertiary alicyclic amines) is 1. The maximum atomic E-state index is 12.7. The molecule has 3 aliphatic heterocycles. The Morgan fingerprint density at radius 2 is 1.77 bits per heavy atom. The lowest BCUT2D eigenvalue weighted by Crippen LogP contribution is -2.57. The predicted octanol–water partition coefficient (Wildman–Crippen LogP) is 3.43. The highest BCUT2D eigenvalue weighted by atomic mass is 16.5. The van der Waals surface area contributed by atoms with E-state index in [-0.39, 0.29) is 5.60 Å². The number of hydrogen-bond donors (Lipinski definition) is 0. The molecule has 1 spiro atoms. The molecule has 0 radical (unpaired) electrons. The Hall–Kier alpha value is -1.43. The third-order valence-electron chi connectivity index (χ3n) is 7.51. The third kappa shape index (κ3) is 6.09. The fourth-order valence-electron chi connectivity index (χ4n) is 5.71. The van der Waals surface area contributed by atoms with E-state index in [1.54, 1.807) is 0 Å². The molecular weight excluding hydrogens is 386 g/mol. The van der Waals surface area contributed by atoms with Gasteiger partial charge in [-0.2, -0.15) is 0 Å². The van der Waals surface area contributed by atoms with Crippen LogP contribution in [0, 0.1) is 5.92 Å². The predicted molar refractivity (Wildman–Crippen MR) is 125 cm³/mol. The average molecular weight is 428 g/mol. The molecule has 0 aromatic heterocycles. The van der Waals surface area contributed by atoms with Gasteiger partial charge in [-0.25, -0.2) is 0 Å². The van der Waals surface area contributed by atoms with Crippen molar-refractivity contribution in [3.05, 3.63) is 35.9 Å². The molecule has 3 saturated heterocycles. The Morgan fingerprint density at radius 1 is 1.06 bits per heavy atom. The molecule has 3 heterocycles. The van der Waals surface area contributed by atoms with Gasteiger partial charge in [0.1, 0.15) is 0 Å². The van der Waals surface area contributed by atoms with Crippen molar-refractivity contribution in [2.45, 2.75) is 64.0 Å². The van der Waals surface area contributed by atoms with Crippen LogP contribution < -0.4 is 0 Å². The molecular formula is C26H41N3O2. The van der Waals surface area contributed by atoms with Crippen LogP contribution in [-0.4, -0.2) is 84.7 Å². The minimum absolute atomic E-state index is 0.00576. The van der Waals surface area contributed by atoms with Crippen LogP contribution in [0.4, 0.5) is 0 Å². The molecule has 1 atom stereocenters. The zero-order valence-electron chi connectivity index (χ0n) is 19.6. The van der Waals surface area contributed by atoms with E-state index < -0.39 is 0 Å². The van der Waals surface area contributed by atoms with Crippen molar-refractivity contribution in [2.75, 3.05) is 52.4 Å². The zero-order chi connectivity index (χ0) is 21.7. The molecule has 1 aromatic carbocycles. The lowest BCUT2D eigenvalue weighted by atomic mass is 9.81. The molecule has 31 heavy (non-hydrogen) atoms. The van der Waals surface area contributed by atoms with Crippen LogP contribution in [0.2, 0.25) is 0 Å². The van der Waals surface area contributed by atoms with Crippen LogP contribution in [0.5, 0.6) is 0 Å². The van der Waals surface area contributed by atoms with Crippen LogP contribution in [0.15, 0.2) is 30.3 Å². The van der Waals surface area contributed by atoms with Gasteiger partial charge in [0.2, 0.25) is 5.91 Å². The van der Waals surface area contributed by atoms with Crippen LogP contribution >= 0.6 is 0 Å². The molecule has 1 amide bonds. The van der Waals surface area contributed by atoms with E-state index in [9.17, 15) is 4.79 Å². The second-order valence-corrected chi connectivity index (χ2v) is 10.3. The third-order valence-corrected chi connectivity index (χ3v) is 7.51. The number of piperidine rings is 1. The quantitative estimate of drug-likeness (QED) is 0.697. The molecule has 5 heteroatoms. The summed E-state index contributed by atoms with van der Waals surface area (Å²) in [6, 6.07) is 11.0. The highest BCUT2D eigenvalue weighted by Crippen LogP contribution is 2.37. The number of rotatable bonds is 6. The summed E-state index contributed by atoms with van der Waals surface area (Å²) in [6.45, 7) is 13.2. The summed E-state index contributed by atoms with van der Waals surface area (Å²) in [5.74, 6) is 1.05. The number of nitrogens with zero attached hydrogens (tertiary/aromatic N) is 3. The Morgan fingerprint density at radius 3 is 2.45 bits per heavy atom. The first-order valence-electron chi connectivity index (χ1n) is 12.5. The van der Waals surface area contributed by atoms with E-state index in [4.69, 9.17) is 4.74 Å². The molecule has 5 nitrogen and oxygen atoms in total. The van der Waals surface area contributed by atoms with Crippen molar-refractivity contribution in [1.82, 2.24) is 14.7 Å². The van der Waals surface area contributed by atoms with Crippen LogP contribution in [0.3, 0.4) is 0 Å². The lowest BCUT2D eigenvalue weighted by Gasteiger charge is -2.49. The summed E-state index contributed by atoms with van der Waals surface area (Å²) in [6.07, 6.45) is 5.74. The minimum Gasteiger partial charge on any atom is -0.375 e. The Labute approximate surface area is 188 Å². The van der Waals surface area contributed by atoms with Crippen LogP contribution in [-0.2, 0) is 16.0 Å². The SMILES string of the molecule is CC(C)CN1CCN([C@H]2CCOC3(CCN(C(=O)CCc4ccccc4)CC3)C2)CC1. The molecule has 1 aromatic rings. The van der Waals surface area contributed by atoms with Gasteiger partial charge < -0.3 is 14.5 Å². The first-order valence-corrected chi connectivity index (χ1v) is 12.5. The van der Waals surface area contributed by atoms with Gasteiger partial charge in [-0.15, -0.1) is 0 Å².